The van der Waals surface area contributed by atoms with Crippen molar-refractivity contribution in [3.8, 4) is 5.75 Å². The van der Waals surface area contributed by atoms with Gasteiger partial charge in [0.1, 0.15) is 22.6 Å². The van der Waals surface area contributed by atoms with E-state index in [-0.39, 0.29) is 42.4 Å². The number of carbonyl (C=O) groups is 1. The minimum atomic E-state index is -1.60. The summed E-state index contributed by atoms with van der Waals surface area (Å²) < 4.78 is 61.5. The molecule has 2 saturated heterocycles. The van der Waals surface area contributed by atoms with Crippen molar-refractivity contribution < 1.29 is 26.9 Å². The Hall–Kier alpha value is -2.43. The Morgan fingerprint density at radius 1 is 1.15 bits per heavy atom. The molecular weight excluding hydrogens is 467 g/mol. The summed E-state index contributed by atoms with van der Waals surface area (Å²) >= 11 is 0. The van der Waals surface area contributed by atoms with E-state index >= 15 is 0 Å². The van der Waals surface area contributed by atoms with Crippen LogP contribution in [0.2, 0.25) is 0 Å². The SMILES string of the molecule is COc1ccccc1S(=O)NCC(=O)N1C2CC[C@H]1CC(C(N)Cc1cc(F)c(F)cc1F)C2. The van der Waals surface area contributed by atoms with E-state index < -0.39 is 34.5 Å². The van der Waals surface area contributed by atoms with Crippen molar-refractivity contribution in [2.45, 2.75) is 55.1 Å². The molecular formula is C24H28F3N3O3S. The molecule has 0 radical (unpaired) electrons. The van der Waals surface area contributed by atoms with Gasteiger partial charge < -0.3 is 15.4 Å². The van der Waals surface area contributed by atoms with E-state index in [0.29, 0.717) is 29.6 Å². The average Bonchev–Trinajstić information content (AvgIpc) is 3.09. The number of hydrogen-bond donors (Lipinski definition) is 2. The zero-order valence-corrected chi connectivity index (χ0v) is 19.6. The fourth-order valence-electron chi connectivity index (χ4n) is 5.19. The molecule has 0 saturated carbocycles. The molecule has 2 aliphatic rings. The molecule has 2 aromatic carbocycles. The van der Waals surface area contributed by atoms with Gasteiger partial charge in [-0.3, -0.25) is 4.79 Å². The Bertz CT molecular complexity index is 1070. The zero-order chi connectivity index (χ0) is 24.4. The van der Waals surface area contributed by atoms with Crippen molar-refractivity contribution in [1.29, 1.82) is 0 Å². The average molecular weight is 496 g/mol. The predicted octanol–water partition coefficient (Wildman–Crippen LogP) is 3.06. The van der Waals surface area contributed by atoms with Gasteiger partial charge in [0.05, 0.1) is 18.6 Å². The van der Waals surface area contributed by atoms with Gasteiger partial charge in [0.25, 0.3) is 0 Å². The predicted molar refractivity (Wildman–Crippen MR) is 122 cm³/mol. The maximum absolute atomic E-state index is 14.1. The number of ether oxygens (including phenoxy) is 1. The first-order valence-corrected chi connectivity index (χ1v) is 12.4. The van der Waals surface area contributed by atoms with Gasteiger partial charge in [-0.25, -0.2) is 22.1 Å². The highest BCUT2D eigenvalue weighted by Gasteiger charge is 2.44. The summed E-state index contributed by atoms with van der Waals surface area (Å²) in [5, 5.41) is 0. The Kier molecular flexibility index (Phi) is 7.59. The summed E-state index contributed by atoms with van der Waals surface area (Å²) in [7, 11) is -0.105. The number of nitrogens with one attached hydrogen (secondary N) is 1. The smallest absolute Gasteiger partial charge is 0.238 e. The van der Waals surface area contributed by atoms with Gasteiger partial charge in [0, 0.05) is 24.2 Å². The molecule has 3 N–H and O–H groups in total. The molecule has 6 nitrogen and oxygen atoms in total. The third kappa shape index (κ3) is 5.13. The van der Waals surface area contributed by atoms with E-state index in [1.807, 2.05) is 4.90 Å². The fourth-order valence-corrected chi connectivity index (χ4v) is 6.13. The van der Waals surface area contributed by atoms with Crippen LogP contribution in [0, 0.1) is 23.4 Å². The van der Waals surface area contributed by atoms with Gasteiger partial charge in [-0.2, -0.15) is 0 Å². The Morgan fingerprint density at radius 2 is 1.79 bits per heavy atom. The minimum Gasteiger partial charge on any atom is -0.495 e. The number of halogens is 3. The number of carbonyl (C=O) groups excluding carboxylic acids is 1. The summed E-state index contributed by atoms with van der Waals surface area (Å²) in [6, 6.07) is 7.89. The van der Waals surface area contributed by atoms with Crippen LogP contribution in [0.4, 0.5) is 13.2 Å². The summed E-state index contributed by atoms with van der Waals surface area (Å²) in [4.78, 5) is 15.3. The van der Waals surface area contributed by atoms with E-state index in [0.717, 1.165) is 18.9 Å². The van der Waals surface area contributed by atoms with Crippen LogP contribution in [0.5, 0.6) is 5.75 Å². The number of hydrogen-bond acceptors (Lipinski definition) is 4. The van der Waals surface area contributed by atoms with Crippen molar-refractivity contribution in [3.05, 3.63) is 59.4 Å². The van der Waals surface area contributed by atoms with Crippen molar-refractivity contribution >= 4 is 16.9 Å². The Balaban J connectivity index is 1.35. The van der Waals surface area contributed by atoms with Crippen LogP contribution in [-0.4, -0.2) is 46.8 Å². The van der Waals surface area contributed by atoms with Gasteiger partial charge in [0.15, 0.2) is 11.6 Å². The summed E-state index contributed by atoms with van der Waals surface area (Å²) in [5.74, 6) is -2.74. The summed E-state index contributed by atoms with van der Waals surface area (Å²) in [6.45, 7) is -0.0750. The van der Waals surface area contributed by atoms with Crippen LogP contribution in [0.1, 0.15) is 31.2 Å². The Morgan fingerprint density at radius 3 is 2.47 bits per heavy atom. The molecule has 2 aromatic rings. The number of rotatable bonds is 8. The minimum absolute atomic E-state index is 0.00130. The maximum atomic E-state index is 14.1. The quantitative estimate of drug-likeness (QED) is 0.552. The lowest BCUT2D eigenvalue weighted by Crippen LogP contribution is -2.52. The largest absolute Gasteiger partial charge is 0.495 e. The molecule has 0 aromatic heterocycles. The third-order valence-corrected chi connectivity index (χ3v) is 7.97. The zero-order valence-electron chi connectivity index (χ0n) is 18.8. The Labute approximate surface area is 199 Å². The number of amides is 1. The molecule has 34 heavy (non-hydrogen) atoms. The normalized spacial score (nSPS) is 23.6. The first-order valence-electron chi connectivity index (χ1n) is 11.3. The van der Waals surface area contributed by atoms with Gasteiger partial charge in [0.2, 0.25) is 5.91 Å². The number of fused-ring (bicyclic) bond motifs is 2. The van der Waals surface area contributed by atoms with Crippen molar-refractivity contribution in [2.75, 3.05) is 13.7 Å². The lowest BCUT2D eigenvalue weighted by molar-refractivity contribution is -0.135. The first kappa shape index (κ1) is 24.7. The van der Waals surface area contributed by atoms with Gasteiger partial charge >= 0.3 is 0 Å². The van der Waals surface area contributed by atoms with Crippen LogP contribution in [0.25, 0.3) is 0 Å². The third-order valence-electron chi connectivity index (χ3n) is 6.83. The second-order valence-electron chi connectivity index (χ2n) is 8.88. The molecule has 5 atom stereocenters. The standard InChI is InChI=1S/C24H28F3N3O3S/c1-33-22-4-2-3-5-23(22)34(32)29-13-24(31)30-16-6-7-17(30)9-15(8-16)21(28)11-14-10-19(26)20(27)12-18(14)25/h2-5,10,12,15-17,21,29H,6-9,11,13,28H2,1H3/t15?,16-,17?,21?,34?/m0/s1. The number of nitrogens with two attached hydrogens (primary N) is 1. The van der Waals surface area contributed by atoms with Crippen molar-refractivity contribution in [3.63, 3.8) is 0 Å². The van der Waals surface area contributed by atoms with E-state index in [1.165, 1.54) is 7.11 Å². The van der Waals surface area contributed by atoms with Gasteiger partial charge in [-0.15, -0.1) is 0 Å². The number of piperidine rings is 1. The lowest BCUT2D eigenvalue weighted by atomic mass is 9.82. The van der Waals surface area contributed by atoms with E-state index in [2.05, 4.69) is 4.72 Å². The van der Waals surface area contributed by atoms with Crippen molar-refractivity contribution in [1.82, 2.24) is 9.62 Å². The molecule has 10 heteroatoms. The van der Waals surface area contributed by atoms with Gasteiger partial charge in [-0.05, 0) is 61.8 Å². The number of nitrogens with zero attached hydrogens (tertiary/aromatic N) is 1. The van der Waals surface area contributed by atoms with E-state index in [1.54, 1.807) is 24.3 Å². The second kappa shape index (κ2) is 10.5. The van der Waals surface area contributed by atoms with E-state index in [9.17, 15) is 22.2 Å². The molecule has 4 rings (SSSR count). The van der Waals surface area contributed by atoms with Gasteiger partial charge in [-0.1, -0.05) is 12.1 Å². The summed E-state index contributed by atoms with van der Waals surface area (Å²) in [6.07, 6.45) is 3.10. The number of para-hydroxylation sites is 1. The van der Waals surface area contributed by atoms with Crippen LogP contribution in [0.3, 0.4) is 0 Å². The molecule has 0 spiro atoms. The van der Waals surface area contributed by atoms with Crippen LogP contribution in [-0.2, 0) is 22.2 Å². The fraction of sp³-hybridized carbons (Fsp3) is 0.458. The summed E-state index contributed by atoms with van der Waals surface area (Å²) in [5.41, 5.74) is 6.41. The molecule has 2 aliphatic heterocycles. The topological polar surface area (TPSA) is 84.7 Å². The second-order valence-corrected chi connectivity index (χ2v) is 10.1. The highest BCUT2D eigenvalue weighted by molar-refractivity contribution is 7.83. The molecule has 2 heterocycles. The first-order chi connectivity index (χ1) is 16.3. The molecule has 2 bridgehead atoms. The van der Waals surface area contributed by atoms with Crippen LogP contribution < -0.4 is 15.2 Å². The molecule has 4 unspecified atom stereocenters. The maximum Gasteiger partial charge on any atom is 0.238 e. The number of methoxy groups -OCH3 is 1. The molecule has 184 valence electrons. The lowest BCUT2D eigenvalue weighted by Gasteiger charge is -2.41. The van der Waals surface area contributed by atoms with Crippen molar-refractivity contribution in [2.24, 2.45) is 11.7 Å². The molecule has 1 amide bonds. The number of benzene rings is 2. The van der Waals surface area contributed by atoms with Crippen LogP contribution >= 0.6 is 0 Å². The molecule has 2 fully saturated rings. The van der Waals surface area contributed by atoms with E-state index in [4.69, 9.17) is 10.5 Å². The highest BCUT2D eigenvalue weighted by atomic mass is 32.2. The van der Waals surface area contributed by atoms with Crippen LogP contribution in [0.15, 0.2) is 41.3 Å². The molecule has 0 aliphatic carbocycles. The highest BCUT2D eigenvalue weighted by Crippen LogP contribution is 2.40. The monoisotopic (exact) mass is 495 g/mol.